The van der Waals surface area contributed by atoms with E-state index in [0.717, 1.165) is 13.2 Å². The summed E-state index contributed by atoms with van der Waals surface area (Å²) in [6.07, 6.45) is 1.20. The summed E-state index contributed by atoms with van der Waals surface area (Å²) in [5.74, 6) is 1.31. The normalized spacial score (nSPS) is 19.5. The molecule has 0 atom stereocenters. The van der Waals surface area contributed by atoms with Crippen LogP contribution in [-0.2, 0) is 0 Å². The molecule has 0 aromatic heterocycles. The lowest BCUT2D eigenvalue weighted by Crippen LogP contribution is -2.30. The van der Waals surface area contributed by atoms with Crippen molar-refractivity contribution in [2.75, 3.05) is 20.3 Å². The molecule has 1 rings (SSSR count). The van der Waals surface area contributed by atoms with Gasteiger partial charge in [-0.1, -0.05) is 27.7 Å². The summed E-state index contributed by atoms with van der Waals surface area (Å²) in [6, 6.07) is 0. The Hall–Kier alpha value is -0.500. The van der Waals surface area contributed by atoms with Crippen molar-refractivity contribution in [3.05, 3.63) is 11.3 Å². The molecule has 1 aliphatic heterocycles. The van der Waals surface area contributed by atoms with Crippen LogP contribution in [0.3, 0.4) is 0 Å². The highest BCUT2D eigenvalue weighted by Crippen LogP contribution is 2.27. The fourth-order valence-corrected chi connectivity index (χ4v) is 2.32. The molecule has 0 aliphatic carbocycles. The van der Waals surface area contributed by atoms with Gasteiger partial charge in [0, 0.05) is 19.3 Å². The molecule has 0 fully saturated rings. The lowest BCUT2D eigenvalue weighted by Gasteiger charge is -2.27. The summed E-state index contributed by atoms with van der Waals surface area (Å²) in [4.78, 5) is 2.37. The summed E-state index contributed by atoms with van der Waals surface area (Å²) in [5.41, 5.74) is 3.18. The number of hydrogen-bond donors (Lipinski definition) is 1. The average Bonchev–Trinajstić information content (AvgIpc) is 2.26. The monoisotopic (exact) mass is 196 g/mol. The second-order valence-corrected chi connectivity index (χ2v) is 4.83. The molecule has 0 aromatic rings. The van der Waals surface area contributed by atoms with Gasteiger partial charge in [-0.15, -0.1) is 0 Å². The van der Waals surface area contributed by atoms with Crippen LogP contribution in [0.15, 0.2) is 11.3 Å². The molecule has 0 unspecified atom stereocenters. The van der Waals surface area contributed by atoms with Crippen molar-refractivity contribution in [3.63, 3.8) is 0 Å². The molecule has 0 radical (unpaired) electrons. The third-order valence-electron chi connectivity index (χ3n) is 2.90. The van der Waals surface area contributed by atoms with Gasteiger partial charge >= 0.3 is 0 Å². The lowest BCUT2D eigenvalue weighted by molar-refractivity contribution is 0.351. The molecule has 0 aromatic carbocycles. The largest absolute Gasteiger partial charge is 0.365 e. The Morgan fingerprint density at radius 1 is 1.14 bits per heavy atom. The third-order valence-corrected chi connectivity index (χ3v) is 2.90. The number of hydrogen-bond acceptors (Lipinski definition) is 2. The first-order valence-corrected chi connectivity index (χ1v) is 5.68. The minimum atomic E-state index is 0.636. The van der Waals surface area contributed by atoms with Crippen molar-refractivity contribution in [2.45, 2.75) is 34.1 Å². The predicted octanol–water partition coefficient (Wildman–Crippen LogP) is 2.44. The van der Waals surface area contributed by atoms with Crippen molar-refractivity contribution >= 4 is 0 Å². The Morgan fingerprint density at radius 2 is 1.79 bits per heavy atom. The van der Waals surface area contributed by atoms with Gasteiger partial charge in [0.15, 0.2) is 0 Å². The van der Waals surface area contributed by atoms with E-state index in [1.807, 2.05) is 0 Å². The molecule has 82 valence electrons. The number of allylic oxidation sites excluding steroid dienone is 1. The summed E-state index contributed by atoms with van der Waals surface area (Å²) in [5, 5.41) is 3.45. The molecular weight excluding hydrogens is 172 g/mol. The van der Waals surface area contributed by atoms with Crippen LogP contribution in [0.5, 0.6) is 0 Å². The molecule has 2 nitrogen and oxygen atoms in total. The first-order valence-electron chi connectivity index (χ1n) is 5.68. The molecular formula is C12H24N2. The van der Waals surface area contributed by atoms with E-state index in [2.05, 4.69) is 45.0 Å². The van der Waals surface area contributed by atoms with Gasteiger partial charge in [0.1, 0.15) is 0 Å². The van der Waals surface area contributed by atoms with Gasteiger partial charge in [-0.3, -0.25) is 5.32 Å². The summed E-state index contributed by atoms with van der Waals surface area (Å²) < 4.78 is 0. The van der Waals surface area contributed by atoms with Crippen LogP contribution < -0.4 is 5.32 Å². The fourth-order valence-electron chi connectivity index (χ4n) is 2.32. The van der Waals surface area contributed by atoms with E-state index >= 15 is 0 Å². The van der Waals surface area contributed by atoms with E-state index in [9.17, 15) is 0 Å². The van der Waals surface area contributed by atoms with Crippen LogP contribution in [0, 0.1) is 11.8 Å². The minimum absolute atomic E-state index is 0.636. The second-order valence-electron chi connectivity index (χ2n) is 4.83. The third kappa shape index (κ3) is 2.50. The quantitative estimate of drug-likeness (QED) is 0.729. The number of nitrogens with one attached hydrogen (secondary N) is 1. The summed E-state index contributed by atoms with van der Waals surface area (Å²) in [6.45, 7) is 11.3. The molecule has 2 heteroatoms. The number of rotatable bonds is 2. The Bertz CT molecular complexity index is 216. The molecule has 1 aliphatic rings. The predicted molar refractivity (Wildman–Crippen MR) is 62.0 cm³/mol. The molecule has 14 heavy (non-hydrogen) atoms. The van der Waals surface area contributed by atoms with Crippen molar-refractivity contribution < 1.29 is 0 Å². The van der Waals surface area contributed by atoms with Gasteiger partial charge in [-0.2, -0.15) is 0 Å². The Kier molecular flexibility index (Phi) is 3.99. The van der Waals surface area contributed by atoms with Crippen LogP contribution in [0.25, 0.3) is 0 Å². The fraction of sp³-hybridized carbons (Fsp3) is 0.833. The Morgan fingerprint density at radius 3 is 2.29 bits per heavy atom. The van der Waals surface area contributed by atoms with Gasteiger partial charge in [0.25, 0.3) is 0 Å². The van der Waals surface area contributed by atoms with Crippen LogP contribution in [0.2, 0.25) is 0 Å². The Balaban J connectivity index is 3.00. The first-order chi connectivity index (χ1) is 6.54. The van der Waals surface area contributed by atoms with Gasteiger partial charge in [-0.05, 0) is 23.8 Å². The molecule has 0 spiro atoms. The van der Waals surface area contributed by atoms with E-state index in [0.29, 0.717) is 11.8 Å². The maximum atomic E-state index is 3.45. The molecule has 1 heterocycles. The highest BCUT2D eigenvalue weighted by Gasteiger charge is 2.19. The highest BCUT2D eigenvalue weighted by atomic mass is 15.2. The zero-order chi connectivity index (χ0) is 10.7. The zero-order valence-electron chi connectivity index (χ0n) is 10.2. The Labute approximate surface area is 88.4 Å². The molecule has 0 bridgehead atoms. The van der Waals surface area contributed by atoms with Crippen LogP contribution >= 0.6 is 0 Å². The highest BCUT2D eigenvalue weighted by molar-refractivity contribution is 5.18. The second kappa shape index (κ2) is 4.83. The standard InChI is InChI=1S/C12H24N2/c1-9(2)11-6-7-13-8-14(5)12(11)10(3)4/h9-10,13H,6-8H2,1-5H3. The van der Waals surface area contributed by atoms with E-state index in [4.69, 9.17) is 0 Å². The van der Waals surface area contributed by atoms with Crippen molar-refractivity contribution in [1.82, 2.24) is 10.2 Å². The van der Waals surface area contributed by atoms with Crippen molar-refractivity contribution in [1.29, 1.82) is 0 Å². The lowest BCUT2D eigenvalue weighted by atomic mass is 9.93. The van der Waals surface area contributed by atoms with E-state index in [1.165, 1.54) is 6.42 Å². The van der Waals surface area contributed by atoms with Gasteiger partial charge < -0.3 is 4.90 Å². The van der Waals surface area contributed by atoms with E-state index < -0.39 is 0 Å². The average molecular weight is 196 g/mol. The topological polar surface area (TPSA) is 15.3 Å². The summed E-state index contributed by atoms with van der Waals surface area (Å²) >= 11 is 0. The smallest absolute Gasteiger partial charge is 0.0676 e. The first kappa shape index (κ1) is 11.6. The minimum Gasteiger partial charge on any atom is -0.365 e. The molecule has 0 amide bonds. The molecule has 0 saturated carbocycles. The summed E-state index contributed by atoms with van der Waals surface area (Å²) in [7, 11) is 2.19. The van der Waals surface area contributed by atoms with E-state index in [-0.39, 0.29) is 0 Å². The van der Waals surface area contributed by atoms with Crippen LogP contribution in [0.4, 0.5) is 0 Å². The molecule has 0 saturated heterocycles. The maximum absolute atomic E-state index is 3.45. The van der Waals surface area contributed by atoms with Crippen molar-refractivity contribution in [2.24, 2.45) is 11.8 Å². The van der Waals surface area contributed by atoms with Gasteiger partial charge in [0.2, 0.25) is 0 Å². The van der Waals surface area contributed by atoms with Crippen LogP contribution in [0.1, 0.15) is 34.1 Å². The number of nitrogens with zero attached hydrogens (tertiary/aromatic N) is 1. The molecule has 1 N–H and O–H groups in total. The van der Waals surface area contributed by atoms with Gasteiger partial charge in [-0.25, -0.2) is 0 Å². The maximum Gasteiger partial charge on any atom is 0.0676 e. The van der Waals surface area contributed by atoms with Gasteiger partial charge in [0.05, 0.1) is 6.67 Å². The van der Waals surface area contributed by atoms with Crippen molar-refractivity contribution in [3.8, 4) is 0 Å². The zero-order valence-corrected chi connectivity index (χ0v) is 10.2. The van der Waals surface area contributed by atoms with Crippen LogP contribution in [-0.4, -0.2) is 25.2 Å². The SMILES string of the molecule is CC(C)C1=C(C(C)C)N(C)CNCC1. The van der Waals surface area contributed by atoms with E-state index in [1.54, 1.807) is 11.3 Å².